The van der Waals surface area contributed by atoms with Crippen LogP contribution in [0.5, 0.6) is 0 Å². The van der Waals surface area contributed by atoms with E-state index in [0.717, 1.165) is 17.6 Å². The Bertz CT molecular complexity index is 3670. The van der Waals surface area contributed by atoms with Gasteiger partial charge in [0.2, 0.25) is 0 Å². The fourth-order valence-electron chi connectivity index (χ4n) is 14.3. The summed E-state index contributed by atoms with van der Waals surface area (Å²) < 4.78 is 9.97. The van der Waals surface area contributed by atoms with Crippen LogP contribution in [0.2, 0.25) is 0 Å². The lowest BCUT2D eigenvalue weighted by molar-refractivity contribution is 0.331. The van der Waals surface area contributed by atoms with E-state index in [9.17, 15) is 0 Å². The van der Waals surface area contributed by atoms with Gasteiger partial charge in [-0.2, -0.15) is 0 Å². The summed E-state index contributed by atoms with van der Waals surface area (Å²) >= 11 is 0. The summed E-state index contributed by atoms with van der Waals surface area (Å²) in [5, 5.41) is 5.09. The molecule has 3 aliphatic carbocycles. The molecule has 69 heavy (non-hydrogen) atoms. The van der Waals surface area contributed by atoms with E-state index < -0.39 is 0 Å². The number of para-hydroxylation sites is 1. The first-order valence-corrected chi connectivity index (χ1v) is 26.2. The van der Waals surface area contributed by atoms with Crippen molar-refractivity contribution in [2.75, 3.05) is 4.90 Å². The van der Waals surface area contributed by atoms with Crippen molar-refractivity contribution < 1.29 is 4.42 Å². The lowest BCUT2D eigenvalue weighted by atomic mass is 9.40. The number of nitrogens with zero attached hydrogens (tertiary/aromatic N) is 2. The number of hydrogen-bond acceptors (Lipinski definition) is 2. The molecule has 0 spiro atoms. The lowest BCUT2D eigenvalue weighted by Crippen LogP contribution is -2.52. The molecule has 0 fully saturated rings. The van der Waals surface area contributed by atoms with E-state index in [1.54, 1.807) is 0 Å². The molecule has 0 amide bonds. The second-order valence-corrected chi connectivity index (χ2v) is 27.5. The fraction of sp³-hybridized carbons (Fsp3) is 0.415. The van der Waals surface area contributed by atoms with E-state index >= 15 is 0 Å². The predicted octanol–water partition coefficient (Wildman–Crippen LogP) is 17.1. The number of anilines is 2. The van der Waals surface area contributed by atoms with Crippen LogP contribution in [0.1, 0.15) is 181 Å². The maximum Gasteiger partial charge on any atom is 0.329 e. The van der Waals surface area contributed by atoms with Crippen molar-refractivity contribution in [3.8, 4) is 11.1 Å². The molecular weight excluding hydrogens is 836 g/mol. The number of benzene rings is 6. The van der Waals surface area contributed by atoms with Gasteiger partial charge in [0.15, 0.2) is 0 Å². The first-order chi connectivity index (χ1) is 32.2. The summed E-state index contributed by atoms with van der Waals surface area (Å²) in [5.74, 6) is 0. The van der Waals surface area contributed by atoms with Crippen molar-refractivity contribution in [1.29, 1.82) is 0 Å². The topological polar surface area (TPSA) is 21.3 Å². The molecule has 13 rings (SSSR count). The van der Waals surface area contributed by atoms with Crippen LogP contribution in [0.25, 0.3) is 60.6 Å². The zero-order valence-electron chi connectivity index (χ0n) is 44.4. The van der Waals surface area contributed by atoms with E-state index in [2.05, 4.69) is 211 Å². The van der Waals surface area contributed by atoms with Crippen LogP contribution in [0, 0.1) is 0 Å². The molecular formula is C65H71BN2O. The molecule has 4 heteroatoms. The zero-order chi connectivity index (χ0) is 48.7. The summed E-state index contributed by atoms with van der Waals surface area (Å²) in [5.41, 5.74) is 25.4. The number of rotatable bonds is 1. The van der Waals surface area contributed by atoms with Crippen LogP contribution in [0.4, 0.5) is 11.4 Å². The maximum atomic E-state index is 7.15. The SMILES string of the molecule is CC(C)(C)c1ccc2c(c1)c1cc(C(C)(C)C)cc3c1n2B1C2=C(c4cc5c(cc4C2(C)C)C(C)(C)CCC5(C)C)N(c2ccc4c(c2)C(C)(C)CCC4(C)C)c2c1c-3cc1oc3ccccc3c21. The van der Waals surface area contributed by atoms with Gasteiger partial charge in [-0.25, -0.2) is 0 Å². The average Bonchev–Trinajstić information content (AvgIpc) is 3.89. The number of furan rings is 1. The molecule has 0 radical (unpaired) electrons. The maximum absolute atomic E-state index is 7.15. The third kappa shape index (κ3) is 5.64. The molecule has 2 aliphatic heterocycles. The van der Waals surface area contributed by atoms with E-state index in [0.29, 0.717) is 0 Å². The Kier molecular flexibility index (Phi) is 8.25. The molecule has 0 N–H and O–H groups in total. The molecule has 6 aromatic carbocycles. The van der Waals surface area contributed by atoms with Gasteiger partial charge in [-0.15, -0.1) is 0 Å². The van der Waals surface area contributed by atoms with Crippen LogP contribution in [0.15, 0.2) is 101 Å². The second kappa shape index (κ2) is 13.1. The number of fused-ring (bicyclic) bond motifs is 14. The fourth-order valence-corrected chi connectivity index (χ4v) is 14.3. The molecule has 0 saturated heterocycles. The minimum atomic E-state index is -0.310. The van der Waals surface area contributed by atoms with Crippen molar-refractivity contribution >= 4 is 73.1 Å². The van der Waals surface area contributed by atoms with Crippen LogP contribution in [-0.2, 0) is 37.9 Å². The highest BCUT2D eigenvalue weighted by atomic mass is 16.3. The van der Waals surface area contributed by atoms with E-state index in [1.165, 1.54) is 135 Å². The third-order valence-electron chi connectivity index (χ3n) is 18.8. The molecule has 0 atom stereocenters. The van der Waals surface area contributed by atoms with Crippen LogP contribution < -0.4 is 10.4 Å². The minimum absolute atomic E-state index is 0.00434. The van der Waals surface area contributed by atoms with E-state index in [4.69, 9.17) is 4.42 Å². The van der Waals surface area contributed by atoms with Gasteiger partial charge in [0.25, 0.3) is 0 Å². The molecule has 8 aromatic rings. The normalized spacial score (nSPS) is 20.1. The molecule has 0 unspecified atom stereocenters. The third-order valence-corrected chi connectivity index (χ3v) is 18.8. The van der Waals surface area contributed by atoms with Crippen molar-refractivity contribution in [3.05, 3.63) is 141 Å². The van der Waals surface area contributed by atoms with Gasteiger partial charge in [-0.05, 0) is 168 Å². The molecule has 5 aliphatic rings. The summed E-state index contributed by atoms with van der Waals surface area (Å²) in [6.45, 7) is 39.1. The van der Waals surface area contributed by atoms with Gasteiger partial charge in [0.05, 0.1) is 11.1 Å². The van der Waals surface area contributed by atoms with Crippen LogP contribution in [-0.4, -0.2) is 11.3 Å². The quantitative estimate of drug-likeness (QED) is 0.153. The Hall–Kier alpha value is -5.48. The highest BCUT2D eigenvalue weighted by Gasteiger charge is 2.55. The molecule has 2 aromatic heterocycles. The highest BCUT2D eigenvalue weighted by molar-refractivity contribution is 6.86. The summed E-state index contributed by atoms with van der Waals surface area (Å²) in [4.78, 5) is 2.78. The Morgan fingerprint density at radius 3 is 1.78 bits per heavy atom. The van der Waals surface area contributed by atoms with Crippen LogP contribution >= 0.6 is 0 Å². The Labute approximate surface area is 411 Å². The van der Waals surface area contributed by atoms with Crippen molar-refractivity contribution in [3.63, 3.8) is 0 Å². The number of allylic oxidation sites excluding steroid dienone is 1. The van der Waals surface area contributed by atoms with Crippen LogP contribution in [0.3, 0.4) is 0 Å². The summed E-state index contributed by atoms with van der Waals surface area (Å²) in [6, 6.07) is 36.8. The highest BCUT2D eigenvalue weighted by Crippen LogP contribution is 2.61. The van der Waals surface area contributed by atoms with Gasteiger partial charge in [-0.3, -0.25) is 0 Å². The van der Waals surface area contributed by atoms with Gasteiger partial charge in [-0.1, -0.05) is 147 Å². The predicted molar refractivity (Wildman–Crippen MR) is 296 cm³/mol. The largest absolute Gasteiger partial charge is 0.456 e. The number of hydrogen-bond donors (Lipinski definition) is 0. The van der Waals surface area contributed by atoms with Gasteiger partial charge in [0.1, 0.15) is 11.2 Å². The molecule has 350 valence electrons. The second-order valence-electron chi connectivity index (χ2n) is 27.5. The standard InChI is InChI=1S/C65H71BN2O/c1-59(2,3)36-21-24-50-40(29-36)42-30-37(60(4,5)6)31-43-41-34-52-53(39-19-17-18-20-51(39)69-52)57-54(41)66(68(50)55(42)43)58-56(67(57)38-22-23-45-47(32-38)62(9,10)26-25-61(45,7)8)44-33-48-49(35-46(44)65(58,15)16)64(13,14)28-27-63(48,11)12/h17-24,29-35H,25-28H2,1-16H3. The smallest absolute Gasteiger partial charge is 0.329 e. The Balaban J connectivity index is 1.26. The molecule has 4 heterocycles. The van der Waals surface area contributed by atoms with E-state index in [1.807, 2.05) is 0 Å². The lowest BCUT2D eigenvalue weighted by Gasteiger charge is -2.45. The molecule has 3 nitrogen and oxygen atoms in total. The summed E-state index contributed by atoms with van der Waals surface area (Å²) in [6.07, 6.45) is 4.71. The monoisotopic (exact) mass is 907 g/mol. The van der Waals surface area contributed by atoms with Gasteiger partial charge in [0, 0.05) is 55.1 Å². The zero-order valence-corrected chi connectivity index (χ0v) is 44.4. The van der Waals surface area contributed by atoms with Crippen molar-refractivity contribution in [2.45, 2.75) is 174 Å². The first-order valence-electron chi connectivity index (χ1n) is 26.2. The Morgan fingerprint density at radius 2 is 1.12 bits per heavy atom. The van der Waals surface area contributed by atoms with Crippen molar-refractivity contribution in [2.24, 2.45) is 0 Å². The van der Waals surface area contributed by atoms with E-state index in [-0.39, 0.29) is 44.8 Å². The minimum Gasteiger partial charge on any atom is -0.456 e. The molecule has 0 saturated carbocycles. The van der Waals surface area contributed by atoms with Gasteiger partial charge >= 0.3 is 6.85 Å². The summed E-state index contributed by atoms with van der Waals surface area (Å²) in [7, 11) is 0. The van der Waals surface area contributed by atoms with Crippen molar-refractivity contribution in [1.82, 2.24) is 4.48 Å². The van der Waals surface area contributed by atoms with Gasteiger partial charge < -0.3 is 13.8 Å². The molecule has 0 bridgehead atoms. The first kappa shape index (κ1) is 43.5. The number of aromatic nitrogens is 1. The Morgan fingerprint density at radius 1 is 0.507 bits per heavy atom. The average molecular weight is 907 g/mol.